The van der Waals surface area contributed by atoms with E-state index in [0.29, 0.717) is 17.8 Å². The van der Waals surface area contributed by atoms with Crippen molar-refractivity contribution in [2.24, 2.45) is 5.73 Å². The molecule has 0 amide bonds. The number of hydrogen-bond acceptors (Lipinski definition) is 3. The van der Waals surface area contributed by atoms with Crippen molar-refractivity contribution in [2.45, 2.75) is 6.54 Å². The van der Waals surface area contributed by atoms with Crippen LogP contribution in [0.15, 0.2) is 24.5 Å². The molecular weight excluding hydrogens is 183 g/mol. The van der Waals surface area contributed by atoms with Crippen LogP contribution in [0, 0.1) is 5.82 Å². The van der Waals surface area contributed by atoms with E-state index < -0.39 is 0 Å². The van der Waals surface area contributed by atoms with Gasteiger partial charge in [0.15, 0.2) is 5.82 Å². The summed E-state index contributed by atoms with van der Waals surface area (Å²) in [6.45, 7) is 0.361. The highest BCUT2D eigenvalue weighted by molar-refractivity contribution is 5.59. The summed E-state index contributed by atoms with van der Waals surface area (Å²) in [5, 5.41) is 6.66. The SMILES string of the molecule is NCc1cc(-c2ccncc2F)n[nH]1. The maximum absolute atomic E-state index is 13.2. The van der Waals surface area contributed by atoms with Gasteiger partial charge in [-0.15, -0.1) is 0 Å². The van der Waals surface area contributed by atoms with E-state index in [9.17, 15) is 4.39 Å². The Labute approximate surface area is 80.0 Å². The minimum Gasteiger partial charge on any atom is -0.325 e. The zero-order chi connectivity index (χ0) is 9.97. The molecule has 0 aliphatic carbocycles. The molecule has 14 heavy (non-hydrogen) atoms. The molecule has 3 N–H and O–H groups in total. The molecule has 4 nitrogen and oxygen atoms in total. The fraction of sp³-hybridized carbons (Fsp3) is 0.111. The molecule has 0 radical (unpaired) electrons. The third kappa shape index (κ3) is 1.49. The summed E-state index contributed by atoms with van der Waals surface area (Å²) < 4.78 is 13.2. The van der Waals surface area contributed by atoms with Crippen molar-refractivity contribution in [3.05, 3.63) is 36.0 Å². The topological polar surface area (TPSA) is 67.6 Å². The summed E-state index contributed by atoms with van der Waals surface area (Å²) in [5.74, 6) is -0.387. The molecule has 0 aliphatic rings. The summed E-state index contributed by atoms with van der Waals surface area (Å²) in [6.07, 6.45) is 2.68. The monoisotopic (exact) mass is 192 g/mol. The van der Waals surface area contributed by atoms with E-state index >= 15 is 0 Å². The lowest BCUT2D eigenvalue weighted by Crippen LogP contribution is -1.95. The average Bonchev–Trinajstić information content (AvgIpc) is 2.67. The average molecular weight is 192 g/mol. The quantitative estimate of drug-likeness (QED) is 0.747. The molecule has 0 saturated heterocycles. The Bertz CT molecular complexity index is 438. The standard InChI is InChI=1S/C9H9FN4/c10-8-5-12-2-1-7(8)9-3-6(4-11)13-14-9/h1-3,5H,4,11H2,(H,13,14). The van der Waals surface area contributed by atoms with E-state index in [1.165, 1.54) is 6.20 Å². The molecule has 2 heterocycles. The van der Waals surface area contributed by atoms with Crippen molar-refractivity contribution in [1.82, 2.24) is 15.2 Å². The maximum Gasteiger partial charge on any atom is 0.150 e. The number of aromatic nitrogens is 3. The lowest BCUT2D eigenvalue weighted by molar-refractivity contribution is 0.624. The number of H-pyrrole nitrogens is 1. The Morgan fingerprint density at radius 1 is 1.50 bits per heavy atom. The minimum absolute atomic E-state index is 0.361. The Hall–Kier alpha value is -1.75. The molecule has 0 atom stereocenters. The van der Waals surface area contributed by atoms with E-state index in [1.54, 1.807) is 12.1 Å². The van der Waals surface area contributed by atoms with Crippen LogP contribution in [0.25, 0.3) is 11.3 Å². The van der Waals surface area contributed by atoms with Gasteiger partial charge in [-0.05, 0) is 12.1 Å². The lowest BCUT2D eigenvalue weighted by Gasteiger charge is -1.95. The number of nitrogens with two attached hydrogens (primary N) is 1. The largest absolute Gasteiger partial charge is 0.325 e. The van der Waals surface area contributed by atoms with Crippen molar-refractivity contribution >= 4 is 0 Å². The van der Waals surface area contributed by atoms with Crippen LogP contribution in [0.4, 0.5) is 4.39 Å². The van der Waals surface area contributed by atoms with Gasteiger partial charge in [-0.1, -0.05) is 0 Å². The highest BCUT2D eigenvalue weighted by atomic mass is 19.1. The predicted molar refractivity (Wildman–Crippen MR) is 49.7 cm³/mol. The lowest BCUT2D eigenvalue weighted by atomic mass is 10.2. The number of hydrogen-bond donors (Lipinski definition) is 2. The molecule has 0 saturated carbocycles. The second-order valence-corrected chi connectivity index (χ2v) is 2.84. The van der Waals surface area contributed by atoms with Gasteiger partial charge in [0.2, 0.25) is 0 Å². The van der Waals surface area contributed by atoms with Crippen LogP contribution in [0.1, 0.15) is 5.69 Å². The van der Waals surface area contributed by atoms with E-state index in [0.717, 1.165) is 11.9 Å². The zero-order valence-corrected chi connectivity index (χ0v) is 7.37. The highest BCUT2D eigenvalue weighted by Gasteiger charge is 2.07. The van der Waals surface area contributed by atoms with Crippen molar-refractivity contribution in [2.75, 3.05) is 0 Å². The maximum atomic E-state index is 13.2. The van der Waals surface area contributed by atoms with Crippen LogP contribution >= 0.6 is 0 Å². The summed E-state index contributed by atoms with van der Waals surface area (Å²) in [5.41, 5.74) is 7.15. The molecule has 0 spiro atoms. The third-order valence-electron chi connectivity index (χ3n) is 1.90. The third-order valence-corrected chi connectivity index (χ3v) is 1.90. The molecule has 0 aromatic carbocycles. The van der Waals surface area contributed by atoms with Crippen LogP contribution in [-0.2, 0) is 6.54 Å². The molecule has 0 bridgehead atoms. The number of nitrogens with zero attached hydrogens (tertiary/aromatic N) is 2. The molecule has 2 aromatic heterocycles. The van der Waals surface area contributed by atoms with Crippen LogP contribution in [0.2, 0.25) is 0 Å². The van der Waals surface area contributed by atoms with Crippen molar-refractivity contribution in [3.63, 3.8) is 0 Å². The van der Waals surface area contributed by atoms with Gasteiger partial charge in [0, 0.05) is 24.0 Å². The van der Waals surface area contributed by atoms with Crippen LogP contribution in [0.5, 0.6) is 0 Å². The van der Waals surface area contributed by atoms with Gasteiger partial charge in [0.25, 0.3) is 0 Å². The van der Waals surface area contributed by atoms with Crippen molar-refractivity contribution in [1.29, 1.82) is 0 Å². The Morgan fingerprint density at radius 2 is 2.36 bits per heavy atom. The second kappa shape index (κ2) is 3.55. The van der Waals surface area contributed by atoms with Gasteiger partial charge < -0.3 is 5.73 Å². The van der Waals surface area contributed by atoms with Crippen LogP contribution < -0.4 is 5.73 Å². The van der Waals surface area contributed by atoms with Gasteiger partial charge >= 0.3 is 0 Å². The fourth-order valence-electron chi connectivity index (χ4n) is 1.19. The van der Waals surface area contributed by atoms with E-state index in [1.807, 2.05) is 0 Å². The minimum atomic E-state index is -0.387. The van der Waals surface area contributed by atoms with Crippen molar-refractivity contribution < 1.29 is 4.39 Å². The second-order valence-electron chi connectivity index (χ2n) is 2.84. The van der Waals surface area contributed by atoms with Gasteiger partial charge in [0.05, 0.1) is 11.9 Å². The summed E-state index contributed by atoms with van der Waals surface area (Å²) in [6, 6.07) is 3.30. The van der Waals surface area contributed by atoms with Gasteiger partial charge in [-0.25, -0.2) is 4.39 Å². The van der Waals surface area contributed by atoms with E-state index in [2.05, 4.69) is 15.2 Å². The number of nitrogens with one attached hydrogen (secondary N) is 1. The first kappa shape index (κ1) is 8.83. The molecule has 0 fully saturated rings. The highest BCUT2D eigenvalue weighted by Crippen LogP contribution is 2.19. The summed E-state index contributed by atoms with van der Waals surface area (Å²) >= 11 is 0. The van der Waals surface area contributed by atoms with Crippen LogP contribution in [-0.4, -0.2) is 15.2 Å². The predicted octanol–water partition coefficient (Wildman–Crippen LogP) is 1.07. The Balaban J connectivity index is 2.44. The molecule has 5 heteroatoms. The number of rotatable bonds is 2. The first-order chi connectivity index (χ1) is 6.81. The van der Waals surface area contributed by atoms with Gasteiger partial charge in [-0.3, -0.25) is 10.1 Å². The first-order valence-corrected chi connectivity index (χ1v) is 4.15. The Kier molecular flexibility index (Phi) is 2.24. The summed E-state index contributed by atoms with van der Waals surface area (Å²) in [7, 11) is 0. The van der Waals surface area contributed by atoms with Gasteiger partial charge in [-0.2, -0.15) is 5.10 Å². The Morgan fingerprint density at radius 3 is 3.00 bits per heavy atom. The number of pyridine rings is 1. The number of aromatic amines is 1. The zero-order valence-electron chi connectivity index (χ0n) is 7.37. The van der Waals surface area contributed by atoms with E-state index in [-0.39, 0.29) is 5.82 Å². The molecule has 0 unspecified atom stereocenters. The van der Waals surface area contributed by atoms with E-state index in [4.69, 9.17) is 5.73 Å². The number of halogens is 1. The van der Waals surface area contributed by atoms with Crippen molar-refractivity contribution in [3.8, 4) is 11.3 Å². The van der Waals surface area contributed by atoms with Crippen LogP contribution in [0.3, 0.4) is 0 Å². The fourth-order valence-corrected chi connectivity index (χ4v) is 1.19. The molecule has 2 aromatic rings. The molecule has 2 rings (SSSR count). The molecular formula is C9H9FN4. The van der Waals surface area contributed by atoms with Gasteiger partial charge in [0.1, 0.15) is 0 Å². The smallest absolute Gasteiger partial charge is 0.150 e. The normalized spacial score (nSPS) is 10.4. The molecule has 72 valence electrons. The molecule has 0 aliphatic heterocycles. The first-order valence-electron chi connectivity index (χ1n) is 4.15. The summed E-state index contributed by atoms with van der Waals surface area (Å²) in [4.78, 5) is 3.66.